The molecule has 0 spiro atoms. The normalized spacial score (nSPS) is 17.1. The Kier molecular flexibility index (Phi) is 6.03. The molecule has 1 atom stereocenters. The fourth-order valence-electron chi connectivity index (χ4n) is 3.35. The van der Waals surface area contributed by atoms with Gasteiger partial charge in [0.2, 0.25) is 18.6 Å². The van der Waals surface area contributed by atoms with E-state index in [4.69, 9.17) is 19.9 Å². The second-order valence-corrected chi connectivity index (χ2v) is 6.81. The van der Waals surface area contributed by atoms with Crippen LogP contribution in [-0.2, 0) is 16.1 Å². The van der Waals surface area contributed by atoms with Gasteiger partial charge in [0, 0.05) is 31.6 Å². The topological polar surface area (TPSA) is 103 Å². The van der Waals surface area contributed by atoms with Crippen LogP contribution in [0.5, 0.6) is 17.2 Å². The van der Waals surface area contributed by atoms with Crippen molar-refractivity contribution in [3.05, 3.63) is 42.0 Å². The van der Waals surface area contributed by atoms with Gasteiger partial charge in [0.15, 0.2) is 11.5 Å². The number of likely N-dealkylation sites (tertiary alicyclic amines) is 1. The van der Waals surface area contributed by atoms with E-state index in [0.717, 1.165) is 11.3 Å². The molecule has 8 nitrogen and oxygen atoms in total. The lowest BCUT2D eigenvalue weighted by molar-refractivity contribution is -0.128. The van der Waals surface area contributed by atoms with Gasteiger partial charge in [-0.2, -0.15) is 0 Å². The van der Waals surface area contributed by atoms with E-state index in [0.29, 0.717) is 36.0 Å². The molecule has 2 aromatic carbocycles. The highest BCUT2D eigenvalue weighted by Crippen LogP contribution is 2.38. The molecule has 0 radical (unpaired) electrons. The van der Waals surface area contributed by atoms with Crippen molar-refractivity contribution in [2.24, 2.45) is 5.92 Å². The number of methoxy groups -OCH3 is 1. The van der Waals surface area contributed by atoms with E-state index < -0.39 is 5.92 Å². The van der Waals surface area contributed by atoms with Crippen LogP contribution in [0.1, 0.15) is 12.0 Å². The third kappa shape index (κ3) is 4.32. The number of rotatable bonds is 5. The number of nitrogens with zero attached hydrogens (tertiary/aromatic N) is 1. The highest BCUT2D eigenvalue weighted by atomic mass is 35.5. The van der Waals surface area contributed by atoms with Crippen molar-refractivity contribution in [3.8, 4) is 17.2 Å². The summed E-state index contributed by atoms with van der Waals surface area (Å²) in [6.07, 6.45) is 0.173. The van der Waals surface area contributed by atoms with Gasteiger partial charge in [0.25, 0.3) is 0 Å². The number of ether oxygens (including phenoxy) is 3. The van der Waals surface area contributed by atoms with Gasteiger partial charge in [-0.3, -0.25) is 9.59 Å². The van der Waals surface area contributed by atoms with Crippen molar-refractivity contribution in [2.75, 3.05) is 31.5 Å². The van der Waals surface area contributed by atoms with Crippen LogP contribution < -0.4 is 25.3 Å². The van der Waals surface area contributed by atoms with E-state index >= 15 is 0 Å². The average molecular weight is 420 g/mol. The van der Waals surface area contributed by atoms with E-state index in [1.165, 1.54) is 0 Å². The summed E-state index contributed by atoms with van der Waals surface area (Å²) in [7, 11) is 1.61. The molecule has 1 fully saturated rings. The third-order valence-corrected chi connectivity index (χ3v) is 4.92. The first-order valence-electron chi connectivity index (χ1n) is 8.94. The first-order chi connectivity index (χ1) is 13.5. The minimum Gasteiger partial charge on any atom is -0.497 e. The summed E-state index contributed by atoms with van der Waals surface area (Å²) < 4.78 is 15.7. The van der Waals surface area contributed by atoms with Gasteiger partial charge in [-0.05, 0) is 17.7 Å². The number of hydrogen-bond acceptors (Lipinski definition) is 6. The zero-order chi connectivity index (χ0) is 19.7. The maximum absolute atomic E-state index is 12.7. The molecule has 154 valence electrons. The highest BCUT2D eigenvalue weighted by molar-refractivity contribution is 5.99. The predicted molar refractivity (Wildman–Crippen MR) is 109 cm³/mol. The Balaban J connectivity index is 0.00000240. The minimum atomic E-state index is -0.435. The Morgan fingerprint density at radius 3 is 2.62 bits per heavy atom. The number of nitrogens with one attached hydrogen (secondary N) is 1. The summed E-state index contributed by atoms with van der Waals surface area (Å²) in [5.74, 6) is 1.13. The Morgan fingerprint density at radius 1 is 1.24 bits per heavy atom. The zero-order valence-electron chi connectivity index (χ0n) is 15.8. The number of halogens is 1. The van der Waals surface area contributed by atoms with E-state index in [-0.39, 0.29) is 37.4 Å². The lowest BCUT2D eigenvalue weighted by Crippen LogP contribution is -2.28. The number of fused-ring (bicyclic) bond motifs is 1. The maximum atomic E-state index is 12.7. The molecule has 2 amide bonds. The molecule has 9 heteroatoms. The Labute approximate surface area is 174 Å². The molecule has 0 bridgehead atoms. The van der Waals surface area contributed by atoms with E-state index in [9.17, 15) is 9.59 Å². The highest BCUT2D eigenvalue weighted by Gasteiger charge is 2.34. The SMILES string of the molecule is COc1ccc(CN2CC(C(=O)Nc3cc4c(cc3N)OCO4)CC2=O)cc1.Cl. The van der Waals surface area contributed by atoms with Gasteiger partial charge in [0.1, 0.15) is 5.75 Å². The van der Waals surface area contributed by atoms with Crippen LogP contribution in [0, 0.1) is 5.92 Å². The molecular weight excluding hydrogens is 398 g/mol. The Morgan fingerprint density at radius 2 is 1.93 bits per heavy atom. The smallest absolute Gasteiger partial charge is 0.231 e. The fraction of sp³-hybridized carbons (Fsp3) is 0.300. The third-order valence-electron chi connectivity index (χ3n) is 4.92. The Bertz CT molecular complexity index is 919. The van der Waals surface area contributed by atoms with Crippen molar-refractivity contribution >= 4 is 35.6 Å². The lowest BCUT2D eigenvalue weighted by Gasteiger charge is -2.17. The van der Waals surface area contributed by atoms with Crippen LogP contribution in [0.15, 0.2) is 36.4 Å². The summed E-state index contributed by atoms with van der Waals surface area (Å²) in [6.45, 7) is 0.948. The standard InChI is InChI=1S/C20H21N3O5.ClH/c1-26-14-4-2-12(3-5-14)9-23-10-13(6-19(23)24)20(25)22-16-8-18-17(7-15(16)21)27-11-28-18;/h2-5,7-8,13H,6,9-11,21H2,1H3,(H,22,25);1H. The quantitative estimate of drug-likeness (QED) is 0.721. The van der Waals surface area contributed by atoms with Crippen LogP contribution in [0.2, 0.25) is 0 Å². The first-order valence-corrected chi connectivity index (χ1v) is 8.94. The molecule has 0 saturated carbocycles. The van der Waals surface area contributed by atoms with Crippen molar-refractivity contribution in [2.45, 2.75) is 13.0 Å². The van der Waals surface area contributed by atoms with Gasteiger partial charge < -0.3 is 30.2 Å². The molecule has 3 N–H and O–H groups in total. The van der Waals surface area contributed by atoms with Gasteiger partial charge >= 0.3 is 0 Å². The number of nitrogen functional groups attached to an aromatic ring is 1. The number of carbonyl (C=O) groups is 2. The molecule has 2 aliphatic heterocycles. The molecule has 2 aliphatic rings. The second-order valence-electron chi connectivity index (χ2n) is 6.81. The predicted octanol–water partition coefficient (Wildman–Crippen LogP) is 2.42. The van der Waals surface area contributed by atoms with Gasteiger partial charge in [0.05, 0.1) is 24.4 Å². The largest absolute Gasteiger partial charge is 0.497 e. The summed E-state index contributed by atoms with van der Waals surface area (Å²) in [5, 5.41) is 2.81. The molecule has 0 aromatic heterocycles. The average Bonchev–Trinajstić information content (AvgIpc) is 3.29. The van der Waals surface area contributed by atoms with Crippen LogP contribution in [0.4, 0.5) is 11.4 Å². The zero-order valence-corrected chi connectivity index (χ0v) is 16.7. The van der Waals surface area contributed by atoms with Crippen LogP contribution in [0.3, 0.4) is 0 Å². The monoisotopic (exact) mass is 419 g/mol. The van der Waals surface area contributed by atoms with Crippen molar-refractivity contribution in [1.82, 2.24) is 4.90 Å². The summed E-state index contributed by atoms with van der Waals surface area (Å²) in [5.41, 5.74) is 7.80. The molecule has 29 heavy (non-hydrogen) atoms. The molecule has 1 unspecified atom stereocenters. The summed E-state index contributed by atoms with van der Waals surface area (Å²) in [4.78, 5) is 26.7. The van der Waals surface area contributed by atoms with Crippen molar-refractivity contribution in [1.29, 1.82) is 0 Å². The number of benzene rings is 2. The maximum Gasteiger partial charge on any atom is 0.231 e. The molecule has 2 heterocycles. The molecular formula is C20H22ClN3O5. The van der Waals surface area contributed by atoms with Gasteiger partial charge in [-0.1, -0.05) is 12.1 Å². The number of hydrogen-bond donors (Lipinski definition) is 2. The number of amides is 2. The molecule has 4 rings (SSSR count). The second kappa shape index (κ2) is 8.48. The van der Waals surface area contributed by atoms with Crippen LogP contribution >= 0.6 is 12.4 Å². The Hall–Kier alpha value is -3.13. The molecule has 0 aliphatic carbocycles. The van der Waals surface area contributed by atoms with Crippen LogP contribution in [-0.4, -0.2) is 37.2 Å². The van der Waals surface area contributed by atoms with E-state index in [1.54, 1.807) is 24.1 Å². The van der Waals surface area contributed by atoms with E-state index in [2.05, 4.69) is 5.32 Å². The van der Waals surface area contributed by atoms with Crippen molar-refractivity contribution in [3.63, 3.8) is 0 Å². The summed E-state index contributed by atoms with van der Waals surface area (Å²) in [6, 6.07) is 10.8. The van der Waals surface area contributed by atoms with Gasteiger partial charge in [-0.15, -0.1) is 12.4 Å². The summed E-state index contributed by atoms with van der Waals surface area (Å²) >= 11 is 0. The fourth-order valence-corrected chi connectivity index (χ4v) is 3.35. The number of nitrogens with two attached hydrogens (primary N) is 1. The van der Waals surface area contributed by atoms with Gasteiger partial charge in [-0.25, -0.2) is 0 Å². The van der Waals surface area contributed by atoms with E-state index in [1.807, 2.05) is 24.3 Å². The number of anilines is 2. The van der Waals surface area contributed by atoms with Crippen molar-refractivity contribution < 1.29 is 23.8 Å². The number of carbonyl (C=O) groups excluding carboxylic acids is 2. The molecule has 1 saturated heterocycles. The molecule has 2 aromatic rings. The van der Waals surface area contributed by atoms with Crippen LogP contribution in [0.25, 0.3) is 0 Å². The lowest BCUT2D eigenvalue weighted by atomic mass is 10.1. The first kappa shape index (κ1) is 20.6. The minimum absolute atomic E-state index is 0.